The number of hydroxylamine groups is 1. The molecule has 3 aromatic rings. The number of para-hydroxylation sites is 1. The van der Waals surface area contributed by atoms with Crippen molar-refractivity contribution in [2.45, 2.75) is 25.5 Å². The lowest BCUT2D eigenvalue weighted by Crippen LogP contribution is -2.37. The molecule has 6 heteroatoms. The molecule has 2 aliphatic rings. The van der Waals surface area contributed by atoms with E-state index in [9.17, 15) is 9.59 Å². The lowest BCUT2D eigenvalue weighted by atomic mass is 9.90. The maximum Gasteiger partial charge on any atom is 0.266 e. The van der Waals surface area contributed by atoms with Gasteiger partial charge in [0.05, 0.1) is 17.4 Å². The molecule has 0 aromatic heterocycles. The average molecular weight is 433 g/mol. The van der Waals surface area contributed by atoms with Gasteiger partial charge in [-0.1, -0.05) is 61.0 Å². The molecule has 3 atom stereocenters. The second-order valence-corrected chi connectivity index (χ2v) is 8.18. The van der Waals surface area contributed by atoms with Crippen molar-refractivity contribution in [3.05, 3.63) is 95.0 Å². The van der Waals surface area contributed by atoms with Crippen molar-refractivity contribution >= 4 is 34.8 Å². The summed E-state index contributed by atoms with van der Waals surface area (Å²) < 4.78 is 0. The summed E-state index contributed by atoms with van der Waals surface area (Å²) in [5, 5.41) is 2.26. The molecule has 156 valence electrons. The van der Waals surface area contributed by atoms with Crippen LogP contribution >= 0.6 is 11.6 Å². The van der Waals surface area contributed by atoms with Crippen molar-refractivity contribution in [1.29, 1.82) is 0 Å². The van der Waals surface area contributed by atoms with Gasteiger partial charge in [-0.3, -0.25) is 14.4 Å². The topological polar surface area (TPSA) is 49.9 Å². The van der Waals surface area contributed by atoms with Crippen LogP contribution in [0.4, 0.5) is 11.4 Å². The summed E-state index contributed by atoms with van der Waals surface area (Å²) in [6.45, 7) is 2.10. The van der Waals surface area contributed by atoms with E-state index >= 15 is 0 Å². The van der Waals surface area contributed by atoms with E-state index < -0.39 is 18.1 Å². The Morgan fingerprint density at radius 1 is 0.839 bits per heavy atom. The number of fused-ring (bicyclic) bond motifs is 1. The third-order valence-electron chi connectivity index (χ3n) is 5.94. The van der Waals surface area contributed by atoms with E-state index in [0.717, 1.165) is 17.7 Å². The monoisotopic (exact) mass is 432 g/mol. The van der Waals surface area contributed by atoms with Gasteiger partial charge < -0.3 is 0 Å². The van der Waals surface area contributed by atoms with Crippen LogP contribution in [0.2, 0.25) is 5.02 Å². The molecule has 0 radical (unpaired) electrons. The van der Waals surface area contributed by atoms with Crippen LogP contribution in [0, 0.1) is 5.92 Å². The zero-order valence-corrected chi connectivity index (χ0v) is 17.7. The lowest BCUT2D eigenvalue weighted by Gasteiger charge is -2.28. The Morgan fingerprint density at radius 2 is 1.52 bits per heavy atom. The van der Waals surface area contributed by atoms with Gasteiger partial charge in [-0.15, -0.1) is 0 Å². The van der Waals surface area contributed by atoms with Gasteiger partial charge >= 0.3 is 0 Å². The maximum atomic E-state index is 13.5. The number of rotatable bonds is 4. The summed E-state index contributed by atoms with van der Waals surface area (Å²) in [6.07, 6.45) is 0.0525. The summed E-state index contributed by atoms with van der Waals surface area (Å²) in [5.41, 5.74) is 3.46. The SMILES string of the molecule is CCc1ccc([C@@H]2[C@H]3C(=O)N(c4ccc(Cl)cc4)C(=O)[C@@H]3ON2c2ccccc2)cc1. The van der Waals surface area contributed by atoms with Crippen molar-refractivity contribution in [3.8, 4) is 0 Å². The van der Waals surface area contributed by atoms with E-state index in [1.807, 2.05) is 42.5 Å². The van der Waals surface area contributed by atoms with Crippen LogP contribution in [0.5, 0.6) is 0 Å². The predicted molar refractivity (Wildman–Crippen MR) is 120 cm³/mol. The molecule has 0 N–H and O–H groups in total. The standard InChI is InChI=1S/C25H21ClN2O3/c1-2-16-8-10-17(11-9-16)22-21-23(31-28(22)20-6-4-3-5-7-20)25(30)27(24(21)29)19-14-12-18(26)13-15-19/h3-15,21-23H,2H2,1H3/t21-,22-,23-/m1/s1. The highest BCUT2D eigenvalue weighted by atomic mass is 35.5. The molecule has 2 amide bonds. The highest BCUT2D eigenvalue weighted by molar-refractivity contribution is 6.31. The quantitative estimate of drug-likeness (QED) is 0.547. The van der Waals surface area contributed by atoms with E-state index in [-0.39, 0.29) is 11.8 Å². The number of benzene rings is 3. The molecule has 0 bridgehead atoms. The van der Waals surface area contributed by atoms with Gasteiger partial charge in [0.25, 0.3) is 5.91 Å². The molecular weight excluding hydrogens is 412 g/mol. The van der Waals surface area contributed by atoms with Gasteiger partial charge in [-0.05, 0) is 53.9 Å². The zero-order valence-electron chi connectivity index (χ0n) is 16.9. The first kappa shape index (κ1) is 19.8. The first-order valence-corrected chi connectivity index (χ1v) is 10.7. The number of aryl methyl sites for hydroxylation is 1. The average Bonchev–Trinajstić information content (AvgIpc) is 3.31. The second-order valence-electron chi connectivity index (χ2n) is 7.74. The largest absolute Gasteiger partial charge is 0.273 e. The Bertz CT molecular complexity index is 1120. The van der Waals surface area contributed by atoms with Crippen molar-refractivity contribution in [3.63, 3.8) is 0 Å². The molecule has 3 aromatic carbocycles. The van der Waals surface area contributed by atoms with Gasteiger partial charge in [0, 0.05) is 5.02 Å². The number of hydrogen-bond donors (Lipinski definition) is 0. The van der Waals surface area contributed by atoms with Crippen LogP contribution in [0.15, 0.2) is 78.9 Å². The molecule has 2 heterocycles. The van der Waals surface area contributed by atoms with Crippen LogP contribution in [0.1, 0.15) is 24.1 Å². The molecule has 31 heavy (non-hydrogen) atoms. The van der Waals surface area contributed by atoms with Crippen molar-refractivity contribution < 1.29 is 14.4 Å². The van der Waals surface area contributed by atoms with Gasteiger partial charge in [-0.2, -0.15) is 0 Å². The number of imide groups is 1. The van der Waals surface area contributed by atoms with E-state index in [1.54, 1.807) is 29.3 Å². The number of anilines is 2. The molecule has 2 saturated heterocycles. The molecule has 5 rings (SSSR count). The third-order valence-corrected chi connectivity index (χ3v) is 6.19. The predicted octanol–water partition coefficient (Wildman–Crippen LogP) is 4.95. The Labute approximate surface area is 185 Å². The van der Waals surface area contributed by atoms with E-state index in [0.29, 0.717) is 10.7 Å². The number of hydrogen-bond acceptors (Lipinski definition) is 4. The number of amides is 2. The molecule has 2 fully saturated rings. The van der Waals surface area contributed by atoms with Gasteiger partial charge in [-0.25, -0.2) is 9.96 Å². The number of halogens is 1. The lowest BCUT2D eigenvalue weighted by molar-refractivity contribution is -0.126. The number of carbonyl (C=O) groups excluding carboxylic acids is 2. The third kappa shape index (κ3) is 3.30. The summed E-state index contributed by atoms with van der Waals surface area (Å²) in [4.78, 5) is 34.2. The van der Waals surface area contributed by atoms with Crippen LogP contribution in [-0.2, 0) is 20.8 Å². The van der Waals surface area contributed by atoms with Crippen molar-refractivity contribution in [2.24, 2.45) is 5.92 Å². The highest BCUT2D eigenvalue weighted by Crippen LogP contribution is 2.47. The van der Waals surface area contributed by atoms with E-state index in [1.165, 1.54) is 10.5 Å². The van der Waals surface area contributed by atoms with E-state index in [2.05, 4.69) is 19.1 Å². The minimum Gasteiger partial charge on any atom is -0.273 e. The van der Waals surface area contributed by atoms with Gasteiger partial charge in [0.1, 0.15) is 5.92 Å². The fourth-order valence-corrected chi connectivity index (χ4v) is 4.47. The Morgan fingerprint density at radius 3 is 2.16 bits per heavy atom. The maximum absolute atomic E-state index is 13.5. The molecular formula is C25H21ClN2O3. The summed E-state index contributed by atoms with van der Waals surface area (Å²) >= 11 is 5.98. The van der Waals surface area contributed by atoms with Crippen LogP contribution < -0.4 is 9.96 Å². The minimum atomic E-state index is -0.876. The number of carbonyl (C=O) groups is 2. The van der Waals surface area contributed by atoms with E-state index in [4.69, 9.17) is 16.4 Å². The highest BCUT2D eigenvalue weighted by Gasteiger charge is 2.60. The molecule has 5 nitrogen and oxygen atoms in total. The Balaban J connectivity index is 1.57. The van der Waals surface area contributed by atoms with Crippen LogP contribution in [0.25, 0.3) is 0 Å². The Hall–Kier alpha value is -3.15. The summed E-state index contributed by atoms with van der Waals surface area (Å²) in [6, 6.07) is 24.0. The molecule has 0 saturated carbocycles. The first-order chi connectivity index (χ1) is 15.1. The normalized spacial score (nSPS) is 22.8. The summed E-state index contributed by atoms with van der Waals surface area (Å²) in [7, 11) is 0. The van der Waals surface area contributed by atoms with Gasteiger partial charge in [0.2, 0.25) is 5.91 Å². The Kier molecular flexibility index (Phi) is 5.00. The molecule has 0 unspecified atom stereocenters. The fraction of sp³-hybridized carbons (Fsp3) is 0.200. The fourth-order valence-electron chi connectivity index (χ4n) is 4.35. The summed E-state index contributed by atoms with van der Waals surface area (Å²) in [5.74, 6) is -1.26. The van der Waals surface area contributed by atoms with Crippen LogP contribution in [-0.4, -0.2) is 17.9 Å². The van der Waals surface area contributed by atoms with Crippen LogP contribution in [0.3, 0.4) is 0 Å². The van der Waals surface area contributed by atoms with Crippen molar-refractivity contribution in [2.75, 3.05) is 9.96 Å². The smallest absolute Gasteiger partial charge is 0.266 e. The first-order valence-electron chi connectivity index (χ1n) is 10.3. The molecule has 0 spiro atoms. The minimum absolute atomic E-state index is 0.264. The molecule has 2 aliphatic heterocycles. The second kappa shape index (κ2) is 7.84. The molecule has 0 aliphatic carbocycles. The van der Waals surface area contributed by atoms with Crippen molar-refractivity contribution in [1.82, 2.24) is 0 Å². The number of nitrogens with zero attached hydrogens (tertiary/aromatic N) is 2. The zero-order chi connectivity index (χ0) is 21.5. The van der Waals surface area contributed by atoms with Gasteiger partial charge in [0.15, 0.2) is 6.10 Å².